The van der Waals surface area contributed by atoms with Gasteiger partial charge in [0, 0.05) is 29.6 Å². The molecule has 0 saturated heterocycles. The first-order valence-electron chi connectivity index (χ1n) is 9.53. The van der Waals surface area contributed by atoms with Crippen LogP contribution >= 0.6 is 0 Å². The van der Waals surface area contributed by atoms with E-state index in [0.29, 0.717) is 25.7 Å². The summed E-state index contributed by atoms with van der Waals surface area (Å²) >= 11 is 0. The molecule has 1 N–H and O–H groups in total. The molecule has 1 amide bonds. The maximum atomic E-state index is 12.9. The van der Waals surface area contributed by atoms with Gasteiger partial charge in [0.1, 0.15) is 6.04 Å². The van der Waals surface area contributed by atoms with E-state index in [0.717, 1.165) is 18.4 Å². The summed E-state index contributed by atoms with van der Waals surface area (Å²) in [7, 11) is 1.29. The van der Waals surface area contributed by atoms with Crippen LogP contribution in [0.25, 0.3) is 0 Å². The van der Waals surface area contributed by atoms with Crippen molar-refractivity contribution in [1.82, 2.24) is 5.32 Å². The summed E-state index contributed by atoms with van der Waals surface area (Å²) in [5.74, 6) is -1.60. The van der Waals surface area contributed by atoms with Crippen LogP contribution in [0.4, 0.5) is 0 Å². The van der Waals surface area contributed by atoms with Crippen molar-refractivity contribution >= 4 is 11.9 Å². The van der Waals surface area contributed by atoms with E-state index in [1.54, 1.807) is 0 Å². The highest BCUT2D eigenvalue weighted by Crippen LogP contribution is 2.34. The molecule has 1 aliphatic rings. The molecule has 0 bridgehead atoms. The molecule has 148 valence electrons. The Bertz CT molecular complexity index is 649. The van der Waals surface area contributed by atoms with Crippen molar-refractivity contribution in [3.63, 3.8) is 0 Å². The Morgan fingerprint density at radius 1 is 1.26 bits per heavy atom. The number of nitrogens with zero attached hydrogens (tertiary/aromatic N) is 1. The topological polar surface area (TPSA) is 98.5 Å². The zero-order valence-electron chi connectivity index (χ0n) is 15.9. The molecule has 27 heavy (non-hydrogen) atoms. The summed E-state index contributed by atoms with van der Waals surface area (Å²) in [5.41, 5.74) is 0.905. The van der Waals surface area contributed by atoms with Crippen LogP contribution < -0.4 is 5.32 Å². The predicted octanol–water partition coefficient (Wildman–Crippen LogP) is 2.75. The van der Waals surface area contributed by atoms with Gasteiger partial charge in [-0.15, -0.1) is 0 Å². The molecule has 0 aliphatic heterocycles. The lowest BCUT2D eigenvalue weighted by Crippen LogP contribution is -2.49. The van der Waals surface area contributed by atoms with Crippen LogP contribution in [0.3, 0.4) is 0 Å². The Labute approximate surface area is 159 Å². The first kappa shape index (κ1) is 20.9. The fraction of sp³-hybridized carbons (Fsp3) is 0.600. The molecule has 2 rings (SSSR count). The van der Waals surface area contributed by atoms with Crippen LogP contribution in [0.1, 0.15) is 44.6 Å². The average molecular weight is 376 g/mol. The van der Waals surface area contributed by atoms with Crippen molar-refractivity contribution < 1.29 is 19.2 Å². The molecule has 4 atom stereocenters. The fourth-order valence-corrected chi connectivity index (χ4v) is 4.02. The average Bonchev–Trinajstić information content (AvgIpc) is 2.68. The van der Waals surface area contributed by atoms with Crippen LogP contribution in [-0.4, -0.2) is 36.0 Å². The Hall–Kier alpha value is -2.44. The summed E-state index contributed by atoms with van der Waals surface area (Å²) in [4.78, 5) is 36.3. The molecule has 1 aliphatic carbocycles. The standard InChI is InChI=1S/C20H28N2O5/c1-3-15(16-11-7-8-12-18(16)22(25)26)19(23)21-17(20(24)27-2)13-14-9-5-4-6-10-14/h4-6,9-10,15-18H,3,7-8,11-13H2,1-2H3,(H,21,23)/t15-,16-,17-,18-/m1/s1. The summed E-state index contributed by atoms with van der Waals surface area (Å²) in [6, 6.07) is 7.86. The zero-order valence-corrected chi connectivity index (χ0v) is 15.9. The number of ether oxygens (including phenoxy) is 1. The van der Waals surface area contributed by atoms with E-state index in [1.165, 1.54) is 7.11 Å². The van der Waals surface area contributed by atoms with Gasteiger partial charge in [-0.3, -0.25) is 14.9 Å². The second kappa shape index (κ2) is 10.0. The molecule has 0 radical (unpaired) electrons. The van der Waals surface area contributed by atoms with Gasteiger partial charge in [0.2, 0.25) is 11.9 Å². The van der Waals surface area contributed by atoms with Crippen molar-refractivity contribution in [2.75, 3.05) is 7.11 Å². The quantitative estimate of drug-likeness (QED) is 0.427. The lowest BCUT2D eigenvalue weighted by atomic mass is 9.75. The Balaban J connectivity index is 2.13. The molecular weight excluding hydrogens is 348 g/mol. The third-order valence-corrected chi connectivity index (χ3v) is 5.43. The van der Waals surface area contributed by atoms with E-state index in [-0.39, 0.29) is 16.7 Å². The Morgan fingerprint density at radius 2 is 1.93 bits per heavy atom. The third-order valence-electron chi connectivity index (χ3n) is 5.43. The SMILES string of the molecule is CC[C@@H](C(=O)N[C@H](Cc1ccccc1)C(=O)OC)[C@H]1CCCC[C@H]1[N+](=O)[O-]. The lowest BCUT2D eigenvalue weighted by molar-refractivity contribution is -0.537. The Kier molecular flexibility index (Phi) is 7.76. The third kappa shape index (κ3) is 5.52. The van der Waals surface area contributed by atoms with E-state index in [1.807, 2.05) is 37.3 Å². The molecule has 1 fully saturated rings. The minimum Gasteiger partial charge on any atom is -0.467 e. The summed E-state index contributed by atoms with van der Waals surface area (Å²) in [5, 5.41) is 14.2. The number of methoxy groups -OCH3 is 1. The first-order chi connectivity index (χ1) is 13.0. The van der Waals surface area contributed by atoms with Gasteiger partial charge in [0.25, 0.3) is 0 Å². The van der Waals surface area contributed by atoms with Gasteiger partial charge in [0.05, 0.1) is 7.11 Å². The lowest BCUT2D eigenvalue weighted by Gasteiger charge is -2.31. The van der Waals surface area contributed by atoms with E-state index in [4.69, 9.17) is 4.74 Å². The van der Waals surface area contributed by atoms with Crippen LogP contribution in [0.15, 0.2) is 30.3 Å². The zero-order chi connectivity index (χ0) is 19.8. The number of nitrogens with one attached hydrogen (secondary N) is 1. The number of carbonyl (C=O) groups excluding carboxylic acids is 2. The van der Waals surface area contributed by atoms with Gasteiger partial charge in [-0.2, -0.15) is 0 Å². The van der Waals surface area contributed by atoms with E-state index < -0.39 is 24.0 Å². The maximum Gasteiger partial charge on any atom is 0.328 e. The normalized spacial score (nSPS) is 21.7. The monoisotopic (exact) mass is 376 g/mol. The summed E-state index contributed by atoms with van der Waals surface area (Å²) in [6.45, 7) is 1.86. The molecular formula is C20H28N2O5. The van der Waals surface area contributed by atoms with Gasteiger partial charge >= 0.3 is 5.97 Å². The molecule has 0 aromatic heterocycles. The number of nitro groups is 1. The number of hydrogen-bond acceptors (Lipinski definition) is 5. The van der Waals surface area contributed by atoms with Crippen LogP contribution in [0, 0.1) is 22.0 Å². The summed E-state index contributed by atoms with van der Waals surface area (Å²) in [6.07, 6.45) is 3.70. The van der Waals surface area contributed by atoms with Crippen LogP contribution in [-0.2, 0) is 20.7 Å². The molecule has 0 spiro atoms. The number of amides is 1. The van der Waals surface area contributed by atoms with Crippen LogP contribution in [0.5, 0.6) is 0 Å². The minimum absolute atomic E-state index is 0.248. The second-order valence-corrected chi connectivity index (χ2v) is 7.09. The van der Waals surface area contributed by atoms with Gasteiger partial charge in [-0.1, -0.05) is 43.7 Å². The number of hydrogen-bond donors (Lipinski definition) is 1. The molecule has 1 aromatic carbocycles. The highest BCUT2D eigenvalue weighted by Gasteiger charge is 2.42. The van der Waals surface area contributed by atoms with E-state index in [2.05, 4.69) is 5.32 Å². The highest BCUT2D eigenvalue weighted by molar-refractivity contribution is 5.86. The van der Waals surface area contributed by atoms with Crippen molar-refractivity contribution in [2.45, 2.75) is 57.5 Å². The van der Waals surface area contributed by atoms with E-state index >= 15 is 0 Å². The van der Waals surface area contributed by atoms with Gasteiger partial charge in [-0.25, -0.2) is 4.79 Å². The Morgan fingerprint density at radius 3 is 2.52 bits per heavy atom. The number of rotatable bonds is 8. The molecule has 7 nitrogen and oxygen atoms in total. The van der Waals surface area contributed by atoms with E-state index in [9.17, 15) is 19.7 Å². The first-order valence-corrected chi connectivity index (χ1v) is 9.53. The van der Waals surface area contributed by atoms with Gasteiger partial charge < -0.3 is 10.1 Å². The van der Waals surface area contributed by atoms with Crippen molar-refractivity contribution in [1.29, 1.82) is 0 Å². The maximum absolute atomic E-state index is 12.9. The smallest absolute Gasteiger partial charge is 0.328 e. The van der Waals surface area contributed by atoms with Gasteiger partial charge in [0.15, 0.2) is 0 Å². The van der Waals surface area contributed by atoms with Crippen molar-refractivity contribution in [3.05, 3.63) is 46.0 Å². The number of esters is 1. The molecule has 1 saturated carbocycles. The number of carbonyl (C=O) groups is 2. The van der Waals surface area contributed by atoms with Crippen LogP contribution in [0.2, 0.25) is 0 Å². The largest absolute Gasteiger partial charge is 0.467 e. The van der Waals surface area contributed by atoms with Gasteiger partial charge in [-0.05, 0) is 24.8 Å². The summed E-state index contributed by atoms with van der Waals surface area (Å²) < 4.78 is 4.84. The minimum atomic E-state index is -0.809. The van der Waals surface area contributed by atoms with Crippen molar-refractivity contribution in [3.8, 4) is 0 Å². The predicted molar refractivity (Wildman–Crippen MR) is 101 cm³/mol. The molecule has 0 heterocycles. The number of benzene rings is 1. The second-order valence-electron chi connectivity index (χ2n) is 7.09. The molecule has 0 unspecified atom stereocenters. The highest BCUT2D eigenvalue weighted by atomic mass is 16.6. The molecule has 1 aromatic rings. The fourth-order valence-electron chi connectivity index (χ4n) is 4.02. The van der Waals surface area contributed by atoms with Crippen molar-refractivity contribution in [2.24, 2.45) is 11.8 Å². The molecule has 7 heteroatoms.